The van der Waals surface area contributed by atoms with Crippen molar-refractivity contribution in [3.05, 3.63) is 34.9 Å². The lowest BCUT2D eigenvalue weighted by Crippen LogP contribution is -2.25. The zero-order valence-electron chi connectivity index (χ0n) is 10.7. The van der Waals surface area contributed by atoms with E-state index >= 15 is 0 Å². The first-order valence-electron chi connectivity index (χ1n) is 6.71. The second-order valence-corrected chi connectivity index (χ2v) is 5.54. The number of aliphatic carboxylic acids is 1. The van der Waals surface area contributed by atoms with Crippen molar-refractivity contribution in [3.8, 4) is 0 Å². The van der Waals surface area contributed by atoms with Gasteiger partial charge in [0, 0.05) is 6.04 Å². The van der Waals surface area contributed by atoms with Gasteiger partial charge in [0.2, 0.25) is 0 Å². The summed E-state index contributed by atoms with van der Waals surface area (Å²) in [5, 5.41) is 9.33. The van der Waals surface area contributed by atoms with E-state index in [0.717, 1.165) is 19.4 Å². The zero-order chi connectivity index (χ0) is 12.7. The van der Waals surface area contributed by atoms with Crippen LogP contribution >= 0.6 is 0 Å². The molecular weight excluding hydrogens is 226 g/mol. The Morgan fingerprint density at radius 1 is 1.33 bits per heavy atom. The standard InChI is InChI=1S/C15H19NO2/c1-16-8-7-13(15(17)18)14(16)12-6-5-10-3-2-4-11(10)9-12/h5-6,9,13-14H,2-4,7-8H2,1H3,(H,17,18)/t13-,14+/m0/s1. The van der Waals surface area contributed by atoms with E-state index < -0.39 is 5.97 Å². The van der Waals surface area contributed by atoms with Gasteiger partial charge in [-0.3, -0.25) is 9.69 Å². The summed E-state index contributed by atoms with van der Waals surface area (Å²) in [6.45, 7) is 0.874. The highest BCUT2D eigenvalue weighted by Crippen LogP contribution is 2.37. The van der Waals surface area contributed by atoms with Crippen LogP contribution in [0.2, 0.25) is 0 Å². The lowest BCUT2D eigenvalue weighted by Gasteiger charge is -2.24. The first kappa shape index (κ1) is 11.7. The molecule has 1 aromatic carbocycles. The minimum atomic E-state index is -0.662. The molecule has 0 bridgehead atoms. The Balaban J connectivity index is 1.95. The van der Waals surface area contributed by atoms with Crippen molar-refractivity contribution in [3.63, 3.8) is 0 Å². The highest BCUT2D eigenvalue weighted by Gasteiger charge is 2.38. The summed E-state index contributed by atoms with van der Waals surface area (Å²) < 4.78 is 0. The van der Waals surface area contributed by atoms with E-state index in [9.17, 15) is 9.90 Å². The van der Waals surface area contributed by atoms with Gasteiger partial charge in [-0.1, -0.05) is 18.2 Å². The first-order valence-corrected chi connectivity index (χ1v) is 6.71. The number of hydrogen-bond acceptors (Lipinski definition) is 2. The lowest BCUT2D eigenvalue weighted by molar-refractivity contribution is -0.142. The molecule has 1 aliphatic carbocycles. The van der Waals surface area contributed by atoms with Gasteiger partial charge in [-0.15, -0.1) is 0 Å². The first-order chi connectivity index (χ1) is 8.66. The summed E-state index contributed by atoms with van der Waals surface area (Å²) in [7, 11) is 2.03. The van der Waals surface area contributed by atoms with Gasteiger partial charge in [0.05, 0.1) is 5.92 Å². The van der Waals surface area contributed by atoms with Gasteiger partial charge in [-0.2, -0.15) is 0 Å². The van der Waals surface area contributed by atoms with Crippen LogP contribution in [0.1, 0.15) is 35.6 Å². The van der Waals surface area contributed by atoms with Gasteiger partial charge in [-0.25, -0.2) is 0 Å². The molecule has 1 saturated heterocycles. The number of carboxylic acids is 1. The van der Waals surface area contributed by atoms with E-state index in [-0.39, 0.29) is 12.0 Å². The third-order valence-electron chi connectivity index (χ3n) is 4.43. The van der Waals surface area contributed by atoms with Crippen LogP contribution in [0.25, 0.3) is 0 Å². The molecule has 0 amide bonds. The molecule has 3 rings (SSSR count). The maximum Gasteiger partial charge on any atom is 0.308 e. The molecule has 0 unspecified atom stereocenters. The Hall–Kier alpha value is -1.35. The number of benzene rings is 1. The highest BCUT2D eigenvalue weighted by molar-refractivity contribution is 5.71. The molecule has 1 aliphatic heterocycles. The molecule has 0 spiro atoms. The van der Waals surface area contributed by atoms with Gasteiger partial charge >= 0.3 is 5.97 Å². The van der Waals surface area contributed by atoms with Crippen LogP contribution in [0.15, 0.2) is 18.2 Å². The molecule has 96 valence electrons. The van der Waals surface area contributed by atoms with E-state index in [1.54, 1.807) is 0 Å². The number of carbonyl (C=O) groups is 1. The second-order valence-electron chi connectivity index (χ2n) is 5.54. The average Bonchev–Trinajstić information content (AvgIpc) is 2.93. The Kier molecular flexibility index (Phi) is 2.86. The molecule has 1 fully saturated rings. The summed E-state index contributed by atoms with van der Waals surface area (Å²) in [5.74, 6) is -0.917. The van der Waals surface area contributed by atoms with Crippen molar-refractivity contribution in [2.45, 2.75) is 31.7 Å². The summed E-state index contributed by atoms with van der Waals surface area (Å²) in [6.07, 6.45) is 4.32. The maximum atomic E-state index is 11.3. The topological polar surface area (TPSA) is 40.5 Å². The maximum absolute atomic E-state index is 11.3. The van der Waals surface area contributed by atoms with E-state index in [1.807, 2.05) is 7.05 Å². The molecular formula is C15H19NO2. The van der Waals surface area contributed by atoms with Crippen molar-refractivity contribution in [1.82, 2.24) is 4.90 Å². The monoisotopic (exact) mass is 245 g/mol. The Morgan fingerprint density at radius 3 is 2.89 bits per heavy atom. The number of nitrogens with zero attached hydrogens (tertiary/aromatic N) is 1. The van der Waals surface area contributed by atoms with Crippen LogP contribution in [0.4, 0.5) is 0 Å². The predicted molar refractivity (Wildman–Crippen MR) is 69.6 cm³/mol. The third-order valence-corrected chi connectivity index (χ3v) is 4.43. The zero-order valence-corrected chi connectivity index (χ0v) is 10.7. The molecule has 18 heavy (non-hydrogen) atoms. The van der Waals surface area contributed by atoms with E-state index in [2.05, 4.69) is 23.1 Å². The van der Waals surface area contributed by atoms with Gasteiger partial charge in [-0.05, 0) is 56.0 Å². The van der Waals surface area contributed by atoms with E-state index in [0.29, 0.717) is 0 Å². The normalized spacial score (nSPS) is 27.4. The smallest absolute Gasteiger partial charge is 0.308 e. The van der Waals surface area contributed by atoms with Gasteiger partial charge in [0.1, 0.15) is 0 Å². The fourth-order valence-electron chi connectivity index (χ4n) is 3.47. The number of carboxylic acid groups (broad SMARTS) is 1. The largest absolute Gasteiger partial charge is 0.481 e. The molecule has 3 heteroatoms. The molecule has 0 radical (unpaired) electrons. The number of fused-ring (bicyclic) bond motifs is 1. The fraction of sp³-hybridized carbons (Fsp3) is 0.533. The number of likely N-dealkylation sites (tertiary alicyclic amines) is 1. The molecule has 1 N–H and O–H groups in total. The SMILES string of the molecule is CN1CC[C@H](C(=O)O)[C@H]1c1ccc2c(c1)CCC2. The fourth-order valence-corrected chi connectivity index (χ4v) is 3.47. The molecule has 1 aromatic rings. The van der Waals surface area contributed by atoms with Crippen molar-refractivity contribution in [2.24, 2.45) is 5.92 Å². The van der Waals surface area contributed by atoms with E-state index in [1.165, 1.54) is 29.5 Å². The molecule has 1 heterocycles. The minimum absolute atomic E-state index is 0.0494. The van der Waals surface area contributed by atoms with Crippen molar-refractivity contribution in [1.29, 1.82) is 0 Å². The number of aryl methyl sites for hydroxylation is 2. The predicted octanol–water partition coefficient (Wildman–Crippen LogP) is 2.25. The number of rotatable bonds is 2. The summed E-state index contributed by atoms with van der Waals surface area (Å²) in [4.78, 5) is 13.5. The van der Waals surface area contributed by atoms with Crippen LogP contribution in [-0.2, 0) is 17.6 Å². The van der Waals surface area contributed by atoms with Crippen LogP contribution in [0.3, 0.4) is 0 Å². The lowest BCUT2D eigenvalue weighted by atomic mass is 9.92. The molecule has 3 nitrogen and oxygen atoms in total. The van der Waals surface area contributed by atoms with Gasteiger partial charge in [0.25, 0.3) is 0 Å². The van der Waals surface area contributed by atoms with Crippen molar-refractivity contribution < 1.29 is 9.90 Å². The summed E-state index contributed by atoms with van der Waals surface area (Å²) >= 11 is 0. The minimum Gasteiger partial charge on any atom is -0.481 e. The van der Waals surface area contributed by atoms with Crippen molar-refractivity contribution in [2.75, 3.05) is 13.6 Å². The second kappa shape index (κ2) is 4.39. The molecule has 2 aliphatic rings. The van der Waals surface area contributed by atoms with Crippen LogP contribution in [0, 0.1) is 5.92 Å². The summed E-state index contributed by atoms with van der Waals surface area (Å²) in [5.41, 5.74) is 4.06. The Morgan fingerprint density at radius 2 is 2.11 bits per heavy atom. The highest BCUT2D eigenvalue weighted by atomic mass is 16.4. The molecule has 2 atom stereocenters. The quantitative estimate of drug-likeness (QED) is 0.868. The van der Waals surface area contributed by atoms with E-state index in [4.69, 9.17) is 0 Å². The molecule has 0 saturated carbocycles. The average molecular weight is 245 g/mol. The number of hydrogen-bond donors (Lipinski definition) is 1. The molecule has 0 aromatic heterocycles. The van der Waals surface area contributed by atoms with Crippen LogP contribution < -0.4 is 0 Å². The Bertz CT molecular complexity index is 483. The van der Waals surface area contributed by atoms with Crippen LogP contribution in [-0.4, -0.2) is 29.6 Å². The third kappa shape index (κ3) is 1.83. The van der Waals surface area contributed by atoms with Crippen molar-refractivity contribution >= 4 is 5.97 Å². The van der Waals surface area contributed by atoms with Gasteiger partial charge in [0.15, 0.2) is 0 Å². The summed E-state index contributed by atoms with van der Waals surface area (Å²) in [6, 6.07) is 6.62. The van der Waals surface area contributed by atoms with Gasteiger partial charge < -0.3 is 5.11 Å². The Labute approximate surface area is 107 Å². The van der Waals surface area contributed by atoms with Crippen LogP contribution in [0.5, 0.6) is 0 Å².